The molecule has 0 unspecified atom stereocenters. The molecule has 6 heteroatoms. The first-order valence-electron chi connectivity index (χ1n) is 17.0. The molecule has 50 heavy (non-hydrogen) atoms. The summed E-state index contributed by atoms with van der Waals surface area (Å²) in [5.41, 5.74) is 7.93. The minimum Gasteiger partial charge on any atom is -0.509 e. The van der Waals surface area contributed by atoms with Crippen LogP contribution in [0.25, 0.3) is 27.6 Å². The van der Waals surface area contributed by atoms with Gasteiger partial charge in [0.05, 0.1) is 0 Å². The molecule has 0 aliphatic carbocycles. The quantitative estimate of drug-likeness (QED) is 0.162. The standard InChI is InChI=1S/C44H45N4O.Pt/c1-42(2,3)30-12-10-13-33(24-30)46-22-23-47(29-46)34-14-11-15-35(27-34)49-36-17-18-37-38-25-31(43(4,5)6)16-19-39(38)48(40(37)28-36)41-26-32(20-21-45-41)44(7,8)9;/h10-26,29H,1-9H3;/q-3;. The number of ether oxygens (including phenoxy) is 1. The summed E-state index contributed by atoms with van der Waals surface area (Å²) in [6.45, 7) is 22.2. The Morgan fingerprint density at radius 3 is 2.02 bits per heavy atom. The van der Waals surface area contributed by atoms with Crippen molar-refractivity contribution >= 4 is 33.2 Å². The van der Waals surface area contributed by atoms with E-state index in [0.29, 0.717) is 11.5 Å². The second kappa shape index (κ2) is 13.1. The van der Waals surface area contributed by atoms with Gasteiger partial charge in [-0.15, -0.1) is 48.1 Å². The van der Waals surface area contributed by atoms with Crippen LogP contribution in [0.4, 0.5) is 11.4 Å². The van der Waals surface area contributed by atoms with Crippen LogP contribution in [-0.4, -0.2) is 9.55 Å². The number of benzene rings is 4. The summed E-state index contributed by atoms with van der Waals surface area (Å²) in [5, 5.41) is 2.29. The predicted octanol–water partition coefficient (Wildman–Crippen LogP) is 11.4. The van der Waals surface area contributed by atoms with Gasteiger partial charge < -0.3 is 19.1 Å². The molecule has 3 heterocycles. The Morgan fingerprint density at radius 1 is 0.620 bits per heavy atom. The van der Waals surface area contributed by atoms with Crippen molar-refractivity contribution in [3.05, 3.63) is 139 Å². The molecule has 0 fully saturated rings. The summed E-state index contributed by atoms with van der Waals surface area (Å²) in [6.07, 6.45) is 6.02. The Morgan fingerprint density at radius 2 is 1.28 bits per heavy atom. The molecule has 7 rings (SSSR count). The fourth-order valence-electron chi connectivity index (χ4n) is 6.24. The van der Waals surface area contributed by atoms with E-state index in [-0.39, 0.29) is 37.3 Å². The topological polar surface area (TPSA) is 33.5 Å². The third-order valence-electron chi connectivity index (χ3n) is 9.25. The summed E-state index contributed by atoms with van der Waals surface area (Å²) in [5.74, 6) is 2.11. The van der Waals surface area contributed by atoms with Gasteiger partial charge in [-0.1, -0.05) is 92.1 Å². The van der Waals surface area contributed by atoms with E-state index in [1.54, 1.807) is 0 Å². The molecule has 2 aromatic heterocycles. The van der Waals surface area contributed by atoms with E-state index in [1.165, 1.54) is 22.1 Å². The Bertz CT molecular complexity index is 2210. The molecule has 0 saturated heterocycles. The van der Waals surface area contributed by atoms with Gasteiger partial charge in [0.2, 0.25) is 0 Å². The zero-order valence-electron chi connectivity index (χ0n) is 30.4. The number of hydrogen-bond donors (Lipinski definition) is 0. The average Bonchev–Trinajstić information content (AvgIpc) is 3.67. The molecule has 0 spiro atoms. The van der Waals surface area contributed by atoms with Gasteiger partial charge in [0.15, 0.2) is 0 Å². The first-order valence-corrected chi connectivity index (χ1v) is 17.0. The van der Waals surface area contributed by atoms with Crippen molar-refractivity contribution in [1.29, 1.82) is 0 Å². The zero-order chi connectivity index (χ0) is 34.7. The number of pyridine rings is 1. The Labute approximate surface area is 311 Å². The van der Waals surface area contributed by atoms with Crippen LogP contribution in [0.3, 0.4) is 0 Å². The largest absolute Gasteiger partial charge is 0.509 e. The number of nitrogens with zero attached hydrogens (tertiary/aromatic N) is 4. The van der Waals surface area contributed by atoms with Crippen LogP contribution in [0.1, 0.15) is 79.0 Å². The summed E-state index contributed by atoms with van der Waals surface area (Å²) in [4.78, 5) is 9.04. The fourth-order valence-corrected chi connectivity index (χ4v) is 6.24. The molecule has 1 aliphatic heterocycles. The Balaban J connectivity index is 0.00000432. The maximum atomic E-state index is 6.47. The molecule has 0 amide bonds. The number of fused-ring (bicyclic) bond motifs is 3. The zero-order valence-corrected chi connectivity index (χ0v) is 32.7. The predicted molar refractivity (Wildman–Crippen MR) is 204 cm³/mol. The van der Waals surface area contributed by atoms with Crippen molar-refractivity contribution in [2.75, 3.05) is 9.80 Å². The van der Waals surface area contributed by atoms with Crippen molar-refractivity contribution in [2.24, 2.45) is 0 Å². The van der Waals surface area contributed by atoms with Crippen LogP contribution in [0.2, 0.25) is 0 Å². The van der Waals surface area contributed by atoms with Crippen LogP contribution >= 0.6 is 0 Å². The number of hydrogen-bond acceptors (Lipinski definition) is 4. The molecule has 0 N–H and O–H groups in total. The SMILES string of the molecule is CC(C)(C)c1cccc(N2C=CN(c3[c-]c(Oc4[c-]c5c(cc4)c4cc(C(C)(C)C)ccc4n5-c4cc(C(C)(C)C)ccn4)ccc3)[CH-]2)c1.[Pt]. The first-order chi connectivity index (χ1) is 23.1. The second-order valence-corrected chi connectivity index (χ2v) is 16.1. The van der Waals surface area contributed by atoms with E-state index in [4.69, 9.17) is 9.72 Å². The molecular formula is C44H45N4OPt-3. The van der Waals surface area contributed by atoms with Gasteiger partial charge in [-0.2, -0.15) is 12.1 Å². The summed E-state index contributed by atoms with van der Waals surface area (Å²) in [6, 6.07) is 36.9. The normalized spacial score (nSPS) is 13.7. The van der Waals surface area contributed by atoms with E-state index >= 15 is 0 Å². The monoisotopic (exact) mass is 840 g/mol. The third kappa shape index (κ3) is 6.98. The molecule has 0 saturated carbocycles. The molecule has 0 bridgehead atoms. The van der Waals surface area contributed by atoms with Crippen LogP contribution in [0.5, 0.6) is 11.5 Å². The molecule has 260 valence electrons. The van der Waals surface area contributed by atoms with E-state index in [2.05, 4.69) is 162 Å². The van der Waals surface area contributed by atoms with Gasteiger partial charge >= 0.3 is 0 Å². The van der Waals surface area contributed by atoms with Crippen molar-refractivity contribution in [2.45, 2.75) is 78.6 Å². The van der Waals surface area contributed by atoms with Gasteiger partial charge in [-0.05, 0) is 81.1 Å². The van der Waals surface area contributed by atoms with Crippen LogP contribution in [0, 0.1) is 18.8 Å². The number of rotatable bonds is 5. The maximum absolute atomic E-state index is 6.47. The van der Waals surface area contributed by atoms with Crippen molar-refractivity contribution < 1.29 is 25.8 Å². The summed E-state index contributed by atoms with van der Waals surface area (Å²) < 4.78 is 8.69. The van der Waals surface area contributed by atoms with Gasteiger partial charge in [0.1, 0.15) is 5.82 Å². The third-order valence-corrected chi connectivity index (χ3v) is 9.25. The molecular weight excluding hydrogens is 796 g/mol. The van der Waals surface area contributed by atoms with Crippen LogP contribution in [-0.2, 0) is 37.3 Å². The number of anilines is 2. The second-order valence-electron chi connectivity index (χ2n) is 16.1. The van der Waals surface area contributed by atoms with Crippen molar-refractivity contribution in [1.82, 2.24) is 9.55 Å². The minimum absolute atomic E-state index is 0. The van der Waals surface area contributed by atoms with Crippen LogP contribution < -0.4 is 14.5 Å². The molecule has 0 radical (unpaired) electrons. The summed E-state index contributed by atoms with van der Waals surface area (Å²) >= 11 is 0. The Kier molecular flexibility index (Phi) is 9.29. The smallest absolute Gasteiger partial charge is 0.135 e. The van der Waals surface area contributed by atoms with Gasteiger partial charge in [-0.3, -0.25) is 0 Å². The van der Waals surface area contributed by atoms with Gasteiger partial charge in [0.25, 0.3) is 0 Å². The maximum Gasteiger partial charge on any atom is 0.135 e. The first kappa shape index (κ1) is 35.5. The van der Waals surface area contributed by atoms with Crippen LogP contribution in [0.15, 0.2) is 104 Å². The van der Waals surface area contributed by atoms with Crippen molar-refractivity contribution in [3.8, 4) is 17.3 Å². The fraction of sp³-hybridized carbons (Fsp3) is 0.273. The minimum atomic E-state index is -0.00978. The number of aromatic nitrogens is 2. The van der Waals surface area contributed by atoms with Gasteiger partial charge in [0, 0.05) is 50.0 Å². The summed E-state index contributed by atoms with van der Waals surface area (Å²) in [7, 11) is 0. The van der Waals surface area contributed by atoms with E-state index in [9.17, 15) is 0 Å². The molecule has 4 aromatic carbocycles. The molecule has 0 atom stereocenters. The molecule has 6 aromatic rings. The Hall–Kier alpha value is -4.34. The molecule has 1 aliphatic rings. The van der Waals surface area contributed by atoms with E-state index in [0.717, 1.165) is 33.6 Å². The van der Waals surface area contributed by atoms with E-state index < -0.39 is 0 Å². The average molecular weight is 841 g/mol. The van der Waals surface area contributed by atoms with Crippen molar-refractivity contribution in [3.63, 3.8) is 0 Å². The van der Waals surface area contributed by atoms with Gasteiger partial charge in [-0.25, -0.2) is 4.98 Å². The van der Waals surface area contributed by atoms with E-state index in [1.807, 2.05) is 36.7 Å². The molecule has 5 nitrogen and oxygen atoms in total.